The van der Waals surface area contributed by atoms with Gasteiger partial charge in [-0.3, -0.25) is 0 Å². The van der Waals surface area contributed by atoms with Gasteiger partial charge in [-0.25, -0.2) is 0 Å². The molecule has 0 aromatic heterocycles. The summed E-state index contributed by atoms with van der Waals surface area (Å²) in [6, 6.07) is 6.41. The lowest BCUT2D eigenvalue weighted by molar-refractivity contribution is 0.215. The second kappa shape index (κ2) is 7.33. The normalized spacial score (nSPS) is 12.5. The molecule has 17 heavy (non-hydrogen) atoms. The lowest BCUT2D eigenvalue weighted by Crippen LogP contribution is -2.17. The summed E-state index contributed by atoms with van der Waals surface area (Å²) in [6.45, 7) is 10.5. The van der Waals surface area contributed by atoms with E-state index in [9.17, 15) is 0 Å². The zero-order chi connectivity index (χ0) is 12.7. The van der Waals surface area contributed by atoms with Gasteiger partial charge in [0.15, 0.2) is 0 Å². The van der Waals surface area contributed by atoms with E-state index in [4.69, 9.17) is 4.74 Å². The Morgan fingerprint density at radius 2 is 2.06 bits per heavy atom. The molecule has 1 N–H and O–H groups in total. The first kappa shape index (κ1) is 14.0. The van der Waals surface area contributed by atoms with Crippen LogP contribution in [0.4, 0.5) is 0 Å². The van der Waals surface area contributed by atoms with Crippen molar-refractivity contribution in [3.63, 3.8) is 0 Å². The Kier molecular flexibility index (Phi) is 6.06. The number of rotatable bonds is 7. The Bertz CT molecular complexity index is 336. The van der Waals surface area contributed by atoms with Crippen molar-refractivity contribution in [2.75, 3.05) is 6.54 Å². The third-order valence-electron chi connectivity index (χ3n) is 2.86. The quantitative estimate of drug-likeness (QED) is 0.728. The average Bonchev–Trinajstić information content (AvgIpc) is 2.32. The van der Waals surface area contributed by atoms with E-state index in [1.807, 2.05) is 0 Å². The van der Waals surface area contributed by atoms with E-state index < -0.39 is 0 Å². The van der Waals surface area contributed by atoms with Crippen molar-refractivity contribution in [1.29, 1.82) is 0 Å². The maximum atomic E-state index is 5.94. The largest absolute Gasteiger partial charge is 0.490 e. The molecule has 1 aromatic rings. The minimum atomic E-state index is 0.280. The second-order valence-electron chi connectivity index (χ2n) is 4.62. The predicted octanol–water partition coefficient (Wildman–Crippen LogP) is 3.67. The molecule has 0 amide bonds. The van der Waals surface area contributed by atoms with Crippen LogP contribution in [0.2, 0.25) is 0 Å². The summed E-state index contributed by atoms with van der Waals surface area (Å²) in [7, 11) is 0. The SMILES string of the molecule is CCCNCc1cc(C)ccc1OC(C)CC. The van der Waals surface area contributed by atoms with Gasteiger partial charge in [-0.2, -0.15) is 0 Å². The first-order valence-electron chi connectivity index (χ1n) is 6.64. The van der Waals surface area contributed by atoms with Crippen LogP contribution in [0.15, 0.2) is 18.2 Å². The Morgan fingerprint density at radius 3 is 2.71 bits per heavy atom. The van der Waals surface area contributed by atoms with Crippen molar-refractivity contribution >= 4 is 0 Å². The maximum Gasteiger partial charge on any atom is 0.124 e. The summed E-state index contributed by atoms with van der Waals surface area (Å²) in [6.07, 6.45) is 2.48. The molecule has 1 rings (SSSR count). The van der Waals surface area contributed by atoms with Crippen LogP contribution in [0.5, 0.6) is 5.75 Å². The number of aryl methyl sites for hydroxylation is 1. The summed E-state index contributed by atoms with van der Waals surface area (Å²) < 4.78 is 5.94. The van der Waals surface area contributed by atoms with E-state index in [-0.39, 0.29) is 6.10 Å². The van der Waals surface area contributed by atoms with Crippen molar-refractivity contribution < 1.29 is 4.74 Å². The fourth-order valence-electron chi connectivity index (χ4n) is 1.66. The minimum absolute atomic E-state index is 0.280. The predicted molar refractivity (Wildman–Crippen MR) is 73.6 cm³/mol. The Morgan fingerprint density at radius 1 is 1.29 bits per heavy atom. The van der Waals surface area contributed by atoms with Gasteiger partial charge in [-0.05, 0) is 39.3 Å². The van der Waals surface area contributed by atoms with Crippen LogP contribution in [0.25, 0.3) is 0 Å². The van der Waals surface area contributed by atoms with Gasteiger partial charge in [0.1, 0.15) is 5.75 Å². The molecular weight excluding hydrogens is 210 g/mol. The molecule has 0 aliphatic heterocycles. The molecular formula is C15H25NO. The van der Waals surface area contributed by atoms with E-state index in [0.29, 0.717) is 0 Å². The molecule has 2 nitrogen and oxygen atoms in total. The van der Waals surface area contributed by atoms with Gasteiger partial charge < -0.3 is 10.1 Å². The van der Waals surface area contributed by atoms with Crippen LogP contribution >= 0.6 is 0 Å². The smallest absolute Gasteiger partial charge is 0.124 e. The van der Waals surface area contributed by atoms with Crippen molar-refractivity contribution in [3.05, 3.63) is 29.3 Å². The number of benzene rings is 1. The zero-order valence-electron chi connectivity index (χ0n) is 11.5. The molecule has 0 aliphatic rings. The highest BCUT2D eigenvalue weighted by Gasteiger charge is 2.07. The molecule has 1 unspecified atom stereocenters. The van der Waals surface area contributed by atoms with Crippen molar-refractivity contribution in [2.45, 2.75) is 53.2 Å². The topological polar surface area (TPSA) is 21.3 Å². The maximum absolute atomic E-state index is 5.94. The molecule has 0 heterocycles. The average molecular weight is 235 g/mol. The minimum Gasteiger partial charge on any atom is -0.490 e. The van der Waals surface area contributed by atoms with Crippen LogP contribution in [0, 0.1) is 6.92 Å². The van der Waals surface area contributed by atoms with Crippen LogP contribution in [0.3, 0.4) is 0 Å². The molecule has 0 bridgehead atoms. The third-order valence-corrected chi connectivity index (χ3v) is 2.86. The standard InChI is InChI=1S/C15H25NO/c1-5-9-16-11-14-10-12(3)7-8-15(14)17-13(4)6-2/h7-8,10,13,16H,5-6,9,11H2,1-4H3. The van der Waals surface area contributed by atoms with Gasteiger partial charge in [-0.1, -0.05) is 31.5 Å². The summed E-state index contributed by atoms with van der Waals surface area (Å²) >= 11 is 0. The van der Waals surface area contributed by atoms with Crippen molar-refractivity contribution in [3.8, 4) is 5.75 Å². The number of ether oxygens (including phenoxy) is 1. The van der Waals surface area contributed by atoms with Gasteiger partial charge in [0.25, 0.3) is 0 Å². The summed E-state index contributed by atoms with van der Waals surface area (Å²) in [5, 5.41) is 3.43. The molecule has 0 aliphatic carbocycles. The molecule has 2 heteroatoms. The van der Waals surface area contributed by atoms with Gasteiger partial charge in [-0.15, -0.1) is 0 Å². The Hall–Kier alpha value is -1.02. The first-order valence-corrected chi connectivity index (χ1v) is 6.64. The van der Waals surface area contributed by atoms with E-state index in [1.165, 1.54) is 11.1 Å². The van der Waals surface area contributed by atoms with Crippen molar-refractivity contribution in [2.24, 2.45) is 0 Å². The fourth-order valence-corrected chi connectivity index (χ4v) is 1.66. The second-order valence-corrected chi connectivity index (χ2v) is 4.62. The van der Waals surface area contributed by atoms with E-state index in [1.54, 1.807) is 0 Å². The summed E-state index contributed by atoms with van der Waals surface area (Å²) in [4.78, 5) is 0. The molecule has 1 aromatic carbocycles. The monoisotopic (exact) mass is 235 g/mol. The van der Waals surface area contributed by atoms with Crippen molar-refractivity contribution in [1.82, 2.24) is 5.32 Å². The lowest BCUT2D eigenvalue weighted by atomic mass is 10.1. The number of hydrogen-bond donors (Lipinski definition) is 1. The molecule has 1 atom stereocenters. The molecule has 0 spiro atoms. The Labute approximate surface area is 105 Å². The summed E-state index contributed by atoms with van der Waals surface area (Å²) in [5.41, 5.74) is 2.55. The lowest BCUT2D eigenvalue weighted by Gasteiger charge is -2.17. The Balaban J connectivity index is 2.72. The molecule has 96 valence electrons. The van der Waals surface area contributed by atoms with Gasteiger partial charge in [0.05, 0.1) is 6.10 Å². The molecule has 0 saturated heterocycles. The van der Waals surface area contributed by atoms with Gasteiger partial charge in [0, 0.05) is 12.1 Å². The van der Waals surface area contributed by atoms with Crippen LogP contribution in [-0.2, 0) is 6.54 Å². The zero-order valence-corrected chi connectivity index (χ0v) is 11.5. The van der Waals surface area contributed by atoms with E-state index in [0.717, 1.165) is 31.7 Å². The highest BCUT2D eigenvalue weighted by molar-refractivity contribution is 5.37. The first-order chi connectivity index (χ1) is 8.17. The fraction of sp³-hybridized carbons (Fsp3) is 0.600. The number of hydrogen-bond acceptors (Lipinski definition) is 2. The highest BCUT2D eigenvalue weighted by Crippen LogP contribution is 2.21. The van der Waals surface area contributed by atoms with E-state index in [2.05, 4.69) is 51.2 Å². The molecule has 0 radical (unpaired) electrons. The molecule has 0 saturated carbocycles. The number of nitrogens with one attached hydrogen (secondary N) is 1. The van der Waals surface area contributed by atoms with Crippen LogP contribution in [-0.4, -0.2) is 12.6 Å². The van der Waals surface area contributed by atoms with Gasteiger partial charge in [0.2, 0.25) is 0 Å². The van der Waals surface area contributed by atoms with Crippen LogP contribution < -0.4 is 10.1 Å². The third kappa shape index (κ3) is 4.78. The van der Waals surface area contributed by atoms with Crippen LogP contribution in [0.1, 0.15) is 44.7 Å². The van der Waals surface area contributed by atoms with Gasteiger partial charge >= 0.3 is 0 Å². The summed E-state index contributed by atoms with van der Waals surface area (Å²) in [5.74, 6) is 1.02. The van der Waals surface area contributed by atoms with E-state index >= 15 is 0 Å². The highest BCUT2D eigenvalue weighted by atomic mass is 16.5. The molecule has 0 fully saturated rings.